The first-order valence-electron chi connectivity index (χ1n) is 6.13. The lowest BCUT2D eigenvalue weighted by atomic mass is 9.99. The fraction of sp³-hybridized carbons (Fsp3) is 0.583. The molecule has 0 atom stereocenters. The summed E-state index contributed by atoms with van der Waals surface area (Å²) < 4.78 is 24.6. The van der Waals surface area contributed by atoms with Gasteiger partial charge in [0, 0.05) is 13.1 Å². The van der Waals surface area contributed by atoms with Crippen LogP contribution in [0.15, 0.2) is 18.3 Å². The Hall–Kier alpha value is -1.30. The van der Waals surface area contributed by atoms with Gasteiger partial charge in [-0.3, -0.25) is 4.72 Å². The lowest BCUT2D eigenvalue weighted by molar-refractivity contribution is 0.436. The maximum Gasteiger partial charge on any atom is 0.229 e. The molecule has 0 spiro atoms. The van der Waals surface area contributed by atoms with E-state index in [9.17, 15) is 8.42 Å². The highest BCUT2D eigenvalue weighted by Gasteiger charge is 2.16. The van der Waals surface area contributed by atoms with Crippen molar-refractivity contribution in [1.82, 2.24) is 4.98 Å². The van der Waals surface area contributed by atoms with E-state index in [0.29, 0.717) is 5.69 Å². The Morgan fingerprint density at radius 1 is 1.33 bits per heavy atom. The Morgan fingerprint density at radius 3 is 2.50 bits per heavy atom. The number of aromatic nitrogens is 1. The summed E-state index contributed by atoms with van der Waals surface area (Å²) in [6, 6.07) is 3.62. The standard InChI is InChI=1S/C12H19N3O2S/c1-10-5-7-15(8-6-10)12-4-3-11(9-13-12)14-18(2,16)17/h3-4,9-10,14H,5-8H2,1-2H3. The molecular weight excluding hydrogens is 250 g/mol. The topological polar surface area (TPSA) is 62.3 Å². The van der Waals surface area contributed by atoms with Crippen LogP contribution < -0.4 is 9.62 Å². The molecule has 1 N–H and O–H groups in total. The first-order chi connectivity index (χ1) is 8.44. The van der Waals surface area contributed by atoms with E-state index in [1.165, 1.54) is 12.8 Å². The first-order valence-corrected chi connectivity index (χ1v) is 8.02. The smallest absolute Gasteiger partial charge is 0.229 e. The number of rotatable bonds is 3. The molecule has 0 radical (unpaired) electrons. The minimum absolute atomic E-state index is 0.506. The summed E-state index contributed by atoms with van der Waals surface area (Å²) in [5, 5.41) is 0. The summed E-state index contributed by atoms with van der Waals surface area (Å²) >= 11 is 0. The predicted molar refractivity (Wildman–Crippen MR) is 73.3 cm³/mol. The zero-order chi connectivity index (χ0) is 13.2. The van der Waals surface area contributed by atoms with Gasteiger partial charge in [0.2, 0.25) is 10.0 Å². The predicted octanol–water partition coefficient (Wildman–Crippen LogP) is 1.69. The van der Waals surface area contributed by atoms with Crippen molar-refractivity contribution >= 4 is 21.5 Å². The number of anilines is 2. The second-order valence-corrected chi connectivity index (χ2v) is 6.70. The molecule has 1 fully saturated rings. The van der Waals surface area contributed by atoms with Crippen molar-refractivity contribution in [1.29, 1.82) is 0 Å². The Morgan fingerprint density at radius 2 is 2.00 bits per heavy atom. The van der Waals surface area contributed by atoms with Crippen LogP contribution in [0.1, 0.15) is 19.8 Å². The maximum absolute atomic E-state index is 11.1. The molecule has 0 aliphatic carbocycles. The number of hydrogen-bond donors (Lipinski definition) is 1. The summed E-state index contributed by atoms with van der Waals surface area (Å²) in [5.41, 5.74) is 0.506. The van der Waals surface area contributed by atoms with Gasteiger partial charge in [0.15, 0.2) is 0 Å². The van der Waals surface area contributed by atoms with E-state index in [0.717, 1.165) is 31.1 Å². The molecule has 1 aliphatic heterocycles. The van der Waals surface area contributed by atoms with Gasteiger partial charge in [0.25, 0.3) is 0 Å². The van der Waals surface area contributed by atoms with Crippen molar-refractivity contribution in [3.05, 3.63) is 18.3 Å². The van der Waals surface area contributed by atoms with Crippen molar-refractivity contribution in [3.8, 4) is 0 Å². The van der Waals surface area contributed by atoms with Gasteiger partial charge < -0.3 is 4.90 Å². The number of sulfonamides is 1. The van der Waals surface area contributed by atoms with Gasteiger partial charge in [-0.05, 0) is 30.9 Å². The van der Waals surface area contributed by atoms with Crippen molar-refractivity contribution in [2.24, 2.45) is 5.92 Å². The lowest BCUT2D eigenvalue weighted by Gasteiger charge is -2.31. The first kappa shape index (κ1) is 13.1. The van der Waals surface area contributed by atoms with Gasteiger partial charge in [-0.1, -0.05) is 6.92 Å². The van der Waals surface area contributed by atoms with Crippen molar-refractivity contribution < 1.29 is 8.42 Å². The van der Waals surface area contributed by atoms with Crippen LogP contribution >= 0.6 is 0 Å². The van der Waals surface area contributed by atoms with Gasteiger partial charge in [0.05, 0.1) is 18.1 Å². The number of piperidine rings is 1. The van der Waals surface area contributed by atoms with E-state index in [1.54, 1.807) is 12.3 Å². The summed E-state index contributed by atoms with van der Waals surface area (Å²) in [5.74, 6) is 1.70. The number of pyridine rings is 1. The largest absolute Gasteiger partial charge is 0.357 e. The van der Waals surface area contributed by atoms with Crippen LogP contribution in [0.25, 0.3) is 0 Å². The number of hydrogen-bond acceptors (Lipinski definition) is 4. The second-order valence-electron chi connectivity index (χ2n) is 4.95. The molecule has 0 bridgehead atoms. The van der Waals surface area contributed by atoms with Crippen LogP contribution in [0, 0.1) is 5.92 Å². The van der Waals surface area contributed by atoms with Crippen LogP contribution in [-0.2, 0) is 10.0 Å². The molecule has 0 aromatic carbocycles. The van der Waals surface area contributed by atoms with E-state index in [2.05, 4.69) is 21.5 Å². The molecule has 0 amide bonds. The summed E-state index contributed by atoms with van der Waals surface area (Å²) in [4.78, 5) is 6.55. The van der Waals surface area contributed by atoms with Crippen LogP contribution in [0.5, 0.6) is 0 Å². The van der Waals surface area contributed by atoms with Crippen LogP contribution in [0.2, 0.25) is 0 Å². The summed E-state index contributed by atoms with van der Waals surface area (Å²) in [6.07, 6.45) is 5.07. The summed E-state index contributed by atoms with van der Waals surface area (Å²) in [7, 11) is -3.23. The van der Waals surface area contributed by atoms with E-state index < -0.39 is 10.0 Å². The van der Waals surface area contributed by atoms with E-state index >= 15 is 0 Å². The highest BCUT2D eigenvalue weighted by atomic mass is 32.2. The van der Waals surface area contributed by atoms with Crippen LogP contribution in [-0.4, -0.2) is 32.7 Å². The normalized spacial score (nSPS) is 17.8. The third-order valence-electron chi connectivity index (χ3n) is 3.16. The van der Waals surface area contributed by atoms with E-state index in [-0.39, 0.29) is 0 Å². The molecule has 2 heterocycles. The fourth-order valence-corrected chi connectivity index (χ4v) is 2.63. The SMILES string of the molecule is CC1CCN(c2ccc(NS(C)(=O)=O)cn2)CC1. The monoisotopic (exact) mass is 269 g/mol. The molecule has 5 nitrogen and oxygen atoms in total. The zero-order valence-corrected chi connectivity index (χ0v) is 11.6. The molecule has 0 unspecified atom stereocenters. The Bertz CT molecular complexity index is 491. The minimum atomic E-state index is -3.23. The minimum Gasteiger partial charge on any atom is -0.357 e. The summed E-state index contributed by atoms with van der Waals surface area (Å²) in [6.45, 7) is 4.31. The van der Waals surface area contributed by atoms with Crippen LogP contribution in [0.3, 0.4) is 0 Å². The van der Waals surface area contributed by atoms with Gasteiger partial charge in [-0.2, -0.15) is 0 Å². The van der Waals surface area contributed by atoms with Gasteiger partial charge in [-0.25, -0.2) is 13.4 Å². The quantitative estimate of drug-likeness (QED) is 0.907. The molecule has 100 valence electrons. The average molecular weight is 269 g/mol. The molecule has 2 rings (SSSR count). The Balaban J connectivity index is 2.03. The third kappa shape index (κ3) is 3.60. The molecule has 18 heavy (non-hydrogen) atoms. The highest BCUT2D eigenvalue weighted by Crippen LogP contribution is 2.22. The van der Waals surface area contributed by atoms with Crippen LogP contribution in [0.4, 0.5) is 11.5 Å². The Kier molecular flexibility index (Phi) is 3.75. The van der Waals surface area contributed by atoms with Crippen molar-refractivity contribution in [3.63, 3.8) is 0 Å². The zero-order valence-electron chi connectivity index (χ0n) is 10.8. The fourth-order valence-electron chi connectivity index (χ4n) is 2.09. The second kappa shape index (κ2) is 5.14. The highest BCUT2D eigenvalue weighted by molar-refractivity contribution is 7.92. The number of nitrogens with zero attached hydrogens (tertiary/aromatic N) is 2. The van der Waals surface area contributed by atoms with Gasteiger partial charge in [0.1, 0.15) is 5.82 Å². The molecule has 1 aliphatic rings. The lowest BCUT2D eigenvalue weighted by Crippen LogP contribution is -2.33. The third-order valence-corrected chi connectivity index (χ3v) is 3.77. The number of nitrogens with one attached hydrogen (secondary N) is 1. The molecule has 0 saturated carbocycles. The van der Waals surface area contributed by atoms with Gasteiger partial charge in [-0.15, -0.1) is 0 Å². The molecule has 1 saturated heterocycles. The van der Waals surface area contributed by atoms with E-state index in [4.69, 9.17) is 0 Å². The average Bonchev–Trinajstić information content (AvgIpc) is 2.29. The van der Waals surface area contributed by atoms with E-state index in [1.807, 2.05) is 6.07 Å². The molecule has 1 aromatic rings. The maximum atomic E-state index is 11.1. The van der Waals surface area contributed by atoms with Gasteiger partial charge >= 0.3 is 0 Å². The Labute approximate surface area is 108 Å². The molecule has 6 heteroatoms. The molecular formula is C12H19N3O2S. The molecule has 1 aromatic heterocycles. The van der Waals surface area contributed by atoms with Crippen molar-refractivity contribution in [2.75, 3.05) is 29.0 Å². The van der Waals surface area contributed by atoms with Crippen molar-refractivity contribution in [2.45, 2.75) is 19.8 Å².